The number of hydrogen-bond acceptors (Lipinski definition) is 6. The summed E-state index contributed by atoms with van der Waals surface area (Å²) in [6, 6.07) is 2.83. The van der Waals surface area contributed by atoms with E-state index in [0.717, 1.165) is 0 Å². The van der Waals surface area contributed by atoms with Crippen molar-refractivity contribution in [2.75, 3.05) is 23.4 Å². The molecule has 1 aliphatic rings. The van der Waals surface area contributed by atoms with E-state index in [0.29, 0.717) is 18.8 Å². The standard InChI is InChI=1S/C12H16N4O3S/c1-2-6-13-11-4-3-10(15-16-11)12(17)14-9-5-7-20(18,19)8-9/h2-4,9H,1,5-8H2,(H,13,16)(H,14,17). The Morgan fingerprint density at radius 2 is 2.25 bits per heavy atom. The van der Waals surface area contributed by atoms with E-state index in [9.17, 15) is 13.2 Å². The molecule has 20 heavy (non-hydrogen) atoms. The molecule has 0 aliphatic carbocycles. The van der Waals surface area contributed by atoms with E-state index in [2.05, 4.69) is 27.4 Å². The first-order chi connectivity index (χ1) is 9.50. The average molecular weight is 296 g/mol. The van der Waals surface area contributed by atoms with Crippen LogP contribution in [0.15, 0.2) is 24.8 Å². The molecule has 1 fully saturated rings. The molecule has 2 heterocycles. The minimum atomic E-state index is -3.01. The Labute approximate surface area is 117 Å². The van der Waals surface area contributed by atoms with Crippen LogP contribution < -0.4 is 10.6 Å². The van der Waals surface area contributed by atoms with Gasteiger partial charge in [0, 0.05) is 12.6 Å². The quantitative estimate of drug-likeness (QED) is 0.741. The van der Waals surface area contributed by atoms with Gasteiger partial charge < -0.3 is 10.6 Å². The van der Waals surface area contributed by atoms with Gasteiger partial charge in [-0.2, -0.15) is 0 Å². The summed E-state index contributed by atoms with van der Waals surface area (Å²) in [5.74, 6) is 0.249. The van der Waals surface area contributed by atoms with E-state index in [1.807, 2.05) is 0 Å². The summed E-state index contributed by atoms with van der Waals surface area (Å²) in [6.07, 6.45) is 2.13. The van der Waals surface area contributed by atoms with Crippen molar-refractivity contribution in [3.63, 3.8) is 0 Å². The number of aromatic nitrogens is 2. The first kappa shape index (κ1) is 14.4. The Balaban J connectivity index is 1.94. The van der Waals surface area contributed by atoms with Crippen LogP contribution in [0.2, 0.25) is 0 Å². The molecule has 1 atom stereocenters. The van der Waals surface area contributed by atoms with Gasteiger partial charge in [0.1, 0.15) is 5.82 Å². The molecule has 8 heteroatoms. The first-order valence-electron chi connectivity index (χ1n) is 6.20. The Bertz CT molecular complexity index is 598. The summed E-state index contributed by atoms with van der Waals surface area (Å²) in [5, 5.41) is 13.3. The Morgan fingerprint density at radius 1 is 1.45 bits per heavy atom. The predicted octanol–water partition coefficient (Wildman–Crippen LogP) is -0.00860. The van der Waals surface area contributed by atoms with Crippen molar-refractivity contribution in [1.29, 1.82) is 0 Å². The van der Waals surface area contributed by atoms with Gasteiger partial charge >= 0.3 is 0 Å². The van der Waals surface area contributed by atoms with E-state index < -0.39 is 15.7 Å². The third-order valence-corrected chi connectivity index (χ3v) is 4.66. The lowest BCUT2D eigenvalue weighted by molar-refractivity contribution is 0.0935. The molecule has 7 nitrogen and oxygen atoms in total. The summed E-state index contributed by atoms with van der Waals surface area (Å²) in [6.45, 7) is 4.12. The van der Waals surface area contributed by atoms with Crippen LogP contribution in [0.3, 0.4) is 0 Å². The average Bonchev–Trinajstić information content (AvgIpc) is 2.76. The monoisotopic (exact) mass is 296 g/mol. The molecular weight excluding hydrogens is 280 g/mol. The highest BCUT2D eigenvalue weighted by molar-refractivity contribution is 7.91. The van der Waals surface area contributed by atoms with Crippen LogP contribution in [-0.2, 0) is 9.84 Å². The highest BCUT2D eigenvalue weighted by Gasteiger charge is 2.29. The molecule has 0 spiro atoms. The van der Waals surface area contributed by atoms with Crippen LogP contribution in [0.25, 0.3) is 0 Å². The third-order valence-electron chi connectivity index (χ3n) is 2.89. The zero-order valence-corrected chi connectivity index (χ0v) is 11.7. The number of hydrogen-bond donors (Lipinski definition) is 2. The van der Waals surface area contributed by atoms with Gasteiger partial charge in [-0.15, -0.1) is 16.8 Å². The lowest BCUT2D eigenvalue weighted by Crippen LogP contribution is -2.36. The van der Waals surface area contributed by atoms with E-state index in [-0.39, 0.29) is 23.2 Å². The molecule has 1 aliphatic heterocycles. The predicted molar refractivity (Wildman–Crippen MR) is 75.2 cm³/mol. The minimum Gasteiger partial charge on any atom is -0.365 e. The second kappa shape index (κ2) is 6.00. The fraction of sp³-hybridized carbons (Fsp3) is 0.417. The second-order valence-electron chi connectivity index (χ2n) is 4.55. The number of rotatable bonds is 5. The zero-order valence-electron chi connectivity index (χ0n) is 10.9. The van der Waals surface area contributed by atoms with Crippen LogP contribution in [0.1, 0.15) is 16.9 Å². The van der Waals surface area contributed by atoms with Gasteiger partial charge in [-0.25, -0.2) is 8.42 Å². The summed E-state index contributed by atoms with van der Waals surface area (Å²) in [7, 11) is -3.01. The van der Waals surface area contributed by atoms with Gasteiger partial charge in [0.25, 0.3) is 5.91 Å². The number of nitrogens with zero attached hydrogens (tertiary/aromatic N) is 2. The molecule has 2 N–H and O–H groups in total. The molecule has 1 aromatic rings. The molecule has 1 saturated heterocycles. The van der Waals surface area contributed by atoms with Crippen LogP contribution >= 0.6 is 0 Å². The molecule has 2 rings (SSSR count). The highest BCUT2D eigenvalue weighted by Crippen LogP contribution is 2.12. The maximum absolute atomic E-state index is 11.9. The number of sulfone groups is 1. The molecule has 108 valence electrons. The van der Waals surface area contributed by atoms with Gasteiger partial charge in [0.05, 0.1) is 11.5 Å². The van der Waals surface area contributed by atoms with Crippen LogP contribution in [0.4, 0.5) is 5.82 Å². The van der Waals surface area contributed by atoms with Crippen molar-refractivity contribution >= 4 is 21.6 Å². The van der Waals surface area contributed by atoms with E-state index in [4.69, 9.17) is 0 Å². The van der Waals surface area contributed by atoms with Crippen molar-refractivity contribution in [2.24, 2.45) is 0 Å². The van der Waals surface area contributed by atoms with Gasteiger partial charge in [-0.3, -0.25) is 4.79 Å². The molecule has 0 bridgehead atoms. The van der Waals surface area contributed by atoms with Crippen molar-refractivity contribution in [1.82, 2.24) is 15.5 Å². The lowest BCUT2D eigenvalue weighted by atomic mass is 10.2. The summed E-state index contributed by atoms with van der Waals surface area (Å²) in [5.41, 5.74) is 0.165. The highest BCUT2D eigenvalue weighted by atomic mass is 32.2. The number of anilines is 1. The maximum Gasteiger partial charge on any atom is 0.272 e. The number of carbonyl (C=O) groups excluding carboxylic acids is 1. The van der Waals surface area contributed by atoms with Crippen LogP contribution in [0.5, 0.6) is 0 Å². The zero-order chi connectivity index (χ0) is 14.6. The normalized spacial score (nSPS) is 20.3. The minimum absolute atomic E-state index is 0.00879. The molecule has 1 aromatic heterocycles. The van der Waals surface area contributed by atoms with Gasteiger partial charge in [-0.05, 0) is 18.6 Å². The van der Waals surface area contributed by atoms with Crippen molar-refractivity contribution < 1.29 is 13.2 Å². The largest absolute Gasteiger partial charge is 0.365 e. The number of nitrogens with one attached hydrogen (secondary N) is 2. The fourth-order valence-corrected chi connectivity index (χ4v) is 3.57. The molecule has 1 amide bonds. The topological polar surface area (TPSA) is 101 Å². The smallest absolute Gasteiger partial charge is 0.272 e. The van der Waals surface area contributed by atoms with E-state index in [1.165, 1.54) is 6.07 Å². The van der Waals surface area contributed by atoms with Gasteiger partial charge in [0.2, 0.25) is 0 Å². The van der Waals surface area contributed by atoms with E-state index in [1.54, 1.807) is 12.1 Å². The third kappa shape index (κ3) is 3.77. The summed E-state index contributed by atoms with van der Waals surface area (Å²) >= 11 is 0. The Kier molecular flexibility index (Phi) is 4.33. The number of amides is 1. The van der Waals surface area contributed by atoms with Crippen LogP contribution in [-0.4, -0.2) is 48.6 Å². The molecule has 0 radical (unpaired) electrons. The molecule has 0 aromatic carbocycles. The first-order valence-corrected chi connectivity index (χ1v) is 8.02. The van der Waals surface area contributed by atoms with Crippen molar-refractivity contribution in [3.8, 4) is 0 Å². The molecular formula is C12H16N4O3S. The molecule has 0 saturated carbocycles. The molecule has 1 unspecified atom stereocenters. The summed E-state index contributed by atoms with van der Waals surface area (Å²) in [4.78, 5) is 11.9. The van der Waals surface area contributed by atoms with E-state index >= 15 is 0 Å². The summed E-state index contributed by atoms with van der Waals surface area (Å²) < 4.78 is 22.6. The maximum atomic E-state index is 11.9. The van der Waals surface area contributed by atoms with Crippen molar-refractivity contribution in [3.05, 3.63) is 30.5 Å². The van der Waals surface area contributed by atoms with Gasteiger partial charge in [-0.1, -0.05) is 6.08 Å². The van der Waals surface area contributed by atoms with Gasteiger partial charge in [0.15, 0.2) is 15.5 Å². The van der Waals surface area contributed by atoms with Crippen LogP contribution in [0, 0.1) is 0 Å². The lowest BCUT2D eigenvalue weighted by Gasteiger charge is -2.10. The number of carbonyl (C=O) groups is 1. The second-order valence-corrected chi connectivity index (χ2v) is 6.78. The SMILES string of the molecule is C=CCNc1ccc(C(=O)NC2CCS(=O)(=O)C2)nn1. The Hall–Kier alpha value is -1.96. The Morgan fingerprint density at radius 3 is 2.80 bits per heavy atom. The van der Waals surface area contributed by atoms with Crippen molar-refractivity contribution in [2.45, 2.75) is 12.5 Å². The fourth-order valence-electron chi connectivity index (χ4n) is 1.89.